The number of anilines is 1. The number of carbonyl (C=O) groups is 1. The molecule has 0 N–H and O–H groups in total. The van der Waals surface area contributed by atoms with E-state index in [2.05, 4.69) is 15.5 Å². The molecule has 1 saturated heterocycles. The second kappa shape index (κ2) is 9.43. The molecule has 1 amide bonds. The predicted octanol–water partition coefficient (Wildman–Crippen LogP) is 6.23. The van der Waals surface area contributed by atoms with Crippen molar-refractivity contribution in [1.29, 1.82) is 0 Å². The molecule has 176 valence electrons. The summed E-state index contributed by atoms with van der Waals surface area (Å²) in [5, 5.41) is 1.25. The SMILES string of the molecule is CN(C(=O)OC(C)(C)C)[C@H]1CCCN(c2nc3ccccc3n2Cc2ccc(Cl)cc2Cl)C1. The molecule has 4 rings (SSSR count). The van der Waals surface area contributed by atoms with E-state index in [0.29, 0.717) is 23.1 Å². The summed E-state index contributed by atoms with van der Waals surface area (Å²) in [5.41, 5.74) is 2.43. The molecule has 1 atom stereocenters. The lowest BCUT2D eigenvalue weighted by atomic mass is 10.1. The van der Waals surface area contributed by atoms with Crippen molar-refractivity contribution in [3.05, 3.63) is 58.1 Å². The van der Waals surface area contributed by atoms with Gasteiger partial charge in [0.1, 0.15) is 5.60 Å². The van der Waals surface area contributed by atoms with Crippen molar-refractivity contribution in [2.24, 2.45) is 0 Å². The first-order valence-electron chi connectivity index (χ1n) is 11.2. The van der Waals surface area contributed by atoms with Crippen LogP contribution in [0.2, 0.25) is 10.0 Å². The lowest BCUT2D eigenvalue weighted by Gasteiger charge is -2.38. The molecule has 0 spiro atoms. The minimum atomic E-state index is -0.522. The van der Waals surface area contributed by atoms with Crippen molar-refractivity contribution >= 4 is 46.3 Å². The van der Waals surface area contributed by atoms with Crippen LogP contribution in [0.3, 0.4) is 0 Å². The summed E-state index contributed by atoms with van der Waals surface area (Å²) < 4.78 is 7.78. The first-order valence-corrected chi connectivity index (χ1v) is 12.0. The maximum absolute atomic E-state index is 12.7. The van der Waals surface area contributed by atoms with Crippen molar-refractivity contribution in [3.63, 3.8) is 0 Å². The molecule has 0 bridgehead atoms. The first-order chi connectivity index (χ1) is 15.6. The molecule has 0 saturated carbocycles. The summed E-state index contributed by atoms with van der Waals surface area (Å²) in [5.74, 6) is 0.879. The van der Waals surface area contributed by atoms with Gasteiger partial charge in [0.2, 0.25) is 5.95 Å². The number of hydrogen-bond donors (Lipinski definition) is 0. The number of nitrogens with zero attached hydrogens (tertiary/aromatic N) is 4. The van der Waals surface area contributed by atoms with Gasteiger partial charge < -0.3 is 19.1 Å². The Hall–Kier alpha value is -2.44. The zero-order valence-electron chi connectivity index (χ0n) is 19.5. The molecular formula is C25H30Cl2N4O2. The van der Waals surface area contributed by atoms with Crippen LogP contribution in [0.25, 0.3) is 11.0 Å². The molecule has 1 aliphatic heterocycles. The number of piperidine rings is 1. The first kappa shape index (κ1) is 23.7. The largest absolute Gasteiger partial charge is 0.444 e. The monoisotopic (exact) mass is 488 g/mol. The van der Waals surface area contributed by atoms with Crippen LogP contribution in [0.15, 0.2) is 42.5 Å². The van der Waals surface area contributed by atoms with E-state index in [9.17, 15) is 4.79 Å². The van der Waals surface area contributed by atoms with E-state index < -0.39 is 5.60 Å². The van der Waals surface area contributed by atoms with Gasteiger partial charge in [-0.1, -0.05) is 41.4 Å². The summed E-state index contributed by atoms with van der Waals surface area (Å²) in [4.78, 5) is 21.6. The van der Waals surface area contributed by atoms with Crippen LogP contribution in [-0.4, -0.2) is 52.3 Å². The molecule has 2 heterocycles. The number of halogens is 2. The Kier molecular flexibility index (Phi) is 6.78. The number of rotatable bonds is 4. The number of aromatic nitrogens is 2. The van der Waals surface area contributed by atoms with Crippen LogP contribution in [0.1, 0.15) is 39.2 Å². The maximum atomic E-state index is 12.7. The highest BCUT2D eigenvalue weighted by molar-refractivity contribution is 6.35. The smallest absolute Gasteiger partial charge is 0.410 e. The fraction of sp³-hybridized carbons (Fsp3) is 0.440. The Morgan fingerprint density at radius 1 is 1.21 bits per heavy atom. The van der Waals surface area contributed by atoms with Gasteiger partial charge in [-0.15, -0.1) is 0 Å². The van der Waals surface area contributed by atoms with Crippen LogP contribution in [0, 0.1) is 0 Å². The third kappa shape index (κ3) is 5.39. The van der Waals surface area contributed by atoms with Gasteiger partial charge in [-0.2, -0.15) is 0 Å². The Balaban J connectivity index is 1.63. The second-order valence-electron chi connectivity index (χ2n) is 9.56. The highest BCUT2D eigenvalue weighted by atomic mass is 35.5. The van der Waals surface area contributed by atoms with Crippen LogP contribution >= 0.6 is 23.2 Å². The average molecular weight is 489 g/mol. The van der Waals surface area contributed by atoms with E-state index in [1.807, 2.05) is 58.2 Å². The number of amides is 1. The van der Waals surface area contributed by atoms with Gasteiger partial charge in [0.05, 0.1) is 23.6 Å². The lowest BCUT2D eigenvalue weighted by Crippen LogP contribution is -2.50. The Morgan fingerprint density at radius 2 is 1.97 bits per heavy atom. The predicted molar refractivity (Wildman–Crippen MR) is 135 cm³/mol. The van der Waals surface area contributed by atoms with E-state index in [4.69, 9.17) is 32.9 Å². The van der Waals surface area contributed by atoms with Gasteiger partial charge >= 0.3 is 6.09 Å². The minimum absolute atomic E-state index is 0.0426. The summed E-state index contributed by atoms with van der Waals surface area (Å²) >= 11 is 12.6. The molecular weight excluding hydrogens is 459 g/mol. The highest BCUT2D eigenvalue weighted by Crippen LogP contribution is 2.30. The topological polar surface area (TPSA) is 50.6 Å². The summed E-state index contributed by atoms with van der Waals surface area (Å²) in [6.45, 7) is 7.79. The van der Waals surface area contributed by atoms with Crippen molar-refractivity contribution in [2.45, 2.75) is 51.8 Å². The Bertz CT molecular complexity index is 1160. The van der Waals surface area contributed by atoms with Crippen molar-refractivity contribution in [3.8, 4) is 0 Å². The number of para-hydroxylation sites is 2. The van der Waals surface area contributed by atoms with Crippen molar-refractivity contribution in [2.75, 3.05) is 25.0 Å². The molecule has 2 aromatic carbocycles. The average Bonchev–Trinajstić information content (AvgIpc) is 3.12. The number of imidazole rings is 1. The number of carbonyl (C=O) groups excluding carboxylic acids is 1. The van der Waals surface area contributed by atoms with E-state index >= 15 is 0 Å². The molecule has 6 nitrogen and oxygen atoms in total. The van der Waals surface area contributed by atoms with E-state index in [-0.39, 0.29) is 12.1 Å². The summed E-state index contributed by atoms with van der Waals surface area (Å²) in [6.07, 6.45) is 1.59. The molecule has 8 heteroatoms. The number of likely N-dealkylation sites (N-methyl/N-ethyl adjacent to an activating group) is 1. The maximum Gasteiger partial charge on any atom is 0.410 e. The summed E-state index contributed by atoms with van der Waals surface area (Å²) in [7, 11) is 1.82. The number of hydrogen-bond acceptors (Lipinski definition) is 4. The summed E-state index contributed by atoms with van der Waals surface area (Å²) in [6, 6.07) is 13.7. The normalized spacial score (nSPS) is 16.8. The number of benzene rings is 2. The number of ether oxygens (including phenoxy) is 1. The van der Waals surface area contributed by atoms with Gasteiger partial charge in [-0.05, 0) is 63.4 Å². The zero-order chi connectivity index (χ0) is 23.8. The molecule has 0 radical (unpaired) electrons. The molecule has 1 aliphatic rings. The van der Waals surface area contributed by atoms with Gasteiger partial charge in [-0.3, -0.25) is 0 Å². The highest BCUT2D eigenvalue weighted by Gasteiger charge is 2.31. The second-order valence-corrected chi connectivity index (χ2v) is 10.4. The van der Waals surface area contributed by atoms with Gasteiger partial charge in [0.15, 0.2) is 0 Å². The molecule has 0 unspecified atom stereocenters. The standard InChI is InChI=1S/C25H30Cl2N4O2/c1-25(2,3)33-24(32)29(4)19-8-7-13-30(16-19)23-28-21-9-5-6-10-22(21)31(23)15-17-11-12-18(26)14-20(17)27/h5-6,9-12,14,19H,7-8,13,15-16H2,1-4H3/t19-/m0/s1. The zero-order valence-corrected chi connectivity index (χ0v) is 21.0. The minimum Gasteiger partial charge on any atom is -0.444 e. The van der Waals surface area contributed by atoms with Gasteiger partial charge in [-0.25, -0.2) is 9.78 Å². The fourth-order valence-corrected chi connectivity index (χ4v) is 4.68. The van der Waals surface area contributed by atoms with Crippen LogP contribution in [0.5, 0.6) is 0 Å². The van der Waals surface area contributed by atoms with E-state index in [1.54, 1.807) is 11.0 Å². The Morgan fingerprint density at radius 3 is 2.70 bits per heavy atom. The lowest BCUT2D eigenvalue weighted by molar-refractivity contribution is 0.0209. The van der Waals surface area contributed by atoms with Gasteiger partial charge in [0, 0.05) is 30.2 Å². The van der Waals surface area contributed by atoms with Crippen LogP contribution in [-0.2, 0) is 11.3 Å². The van der Waals surface area contributed by atoms with Gasteiger partial charge in [0.25, 0.3) is 0 Å². The number of fused-ring (bicyclic) bond motifs is 1. The fourth-order valence-electron chi connectivity index (χ4n) is 4.22. The van der Waals surface area contributed by atoms with Crippen LogP contribution in [0.4, 0.5) is 10.7 Å². The molecule has 3 aromatic rings. The van der Waals surface area contributed by atoms with Crippen LogP contribution < -0.4 is 4.90 Å². The molecule has 1 fully saturated rings. The van der Waals surface area contributed by atoms with Crippen molar-refractivity contribution < 1.29 is 9.53 Å². The Labute approximate surface area is 205 Å². The third-order valence-electron chi connectivity index (χ3n) is 5.89. The molecule has 0 aliphatic carbocycles. The molecule has 1 aromatic heterocycles. The molecule has 33 heavy (non-hydrogen) atoms. The quantitative estimate of drug-likeness (QED) is 0.436. The van der Waals surface area contributed by atoms with Crippen molar-refractivity contribution in [1.82, 2.24) is 14.5 Å². The van der Waals surface area contributed by atoms with E-state index in [1.165, 1.54) is 0 Å². The third-order valence-corrected chi connectivity index (χ3v) is 6.47. The van der Waals surface area contributed by atoms with E-state index in [0.717, 1.165) is 41.9 Å².